The zero-order chi connectivity index (χ0) is 21.7. The predicted molar refractivity (Wildman–Crippen MR) is 119 cm³/mol. The van der Waals surface area contributed by atoms with Crippen LogP contribution in [-0.2, 0) is 6.54 Å². The Morgan fingerprint density at radius 2 is 1.58 bits per heavy atom. The molecule has 0 unspecified atom stereocenters. The molecule has 3 aromatic carbocycles. The minimum Gasteiger partial charge on any atom is -0.449 e. The molecule has 5 aromatic rings. The molecule has 0 N–H and O–H groups in total. The first-order chi connectivity index (χ1) is 14.9. The standard InChI is InChI=1S/C25H19FN2O3/c1-15-11-16(2)13-18(12-15)28-24(29)23-22(19-8-4-6-10-21(19)31-23)27(25(28)30)14-17-7-3-5-9-20(17)26/h3-13H,14H2,1-2H3. The van der Waals surface area contributed by atoms with Crippen molar-refractivity contribution in [1.29, 1.82) is 0 Å². The van der Waals surface area contributed by atoms with Crippen molar-refractivity contribution in [3.63, 3.8) is 0 Å². The van der Waals surface area contributed by atoms with E-state index in [-0.39, 0.29) is 12.1 Å². The molecule has 0 fully saturated rings. The number of aryl methyl sites for hydroxylation is 2. The van der Waals surface area contributed by atoms with Crippen LogP contribution in [0.2, 0.25) is 0 Å². The summed E-state index contributed by atoms with van der Waals surface area (Å²) in [6, 6.07) is 19.0. The number of para-hydroxylation sites is 1. The second-order valence-corrected chi connectivity index (χ2v) is 7.72. The first kappa shape index (κ1) is 19.1. The number of hydrogen-bond acceptors (Lipinski definition) is 3. The fourth-order valence-corrected chi connectivity index (χ4v) is 4.10. The van der Waals surface area contributed by atoms with Gasteiger partial charge in [-0.25, -0.2) is 13.8 Å². The van der Waals surface area contributed by atoms with Gasteiger partial charge in [0.15, 0.2) is 0 Å². The summed E-state index contributed by atoms with van der Waals surface area (Å²) in [6.07, 6.45) is 0. The van der Waals surface area contributed by atoms with Gasteiger partial charge >= 0.3 is 11.2 Å². The van der Waals surface area contributed by atoms with Crippen molar-refractivity contribution in [2.75, 3.05) is 0 Å². The molecular formula is C25H19FN2O3. The van der Waals surface area contributed by atoms with Crippen molar-refractivity contribution in [1.82, 2.24) is 9.13 Å². The Hall–Kier alpha value is -3.93. The fourth-order valence-electron chi connectivity index (χ4n) is 4.10. The summed E-state index contributed by atoms with van der Waals surface area (Å²) >= 11 is 0. The molecule has 0 aliphatic heterocycles. The van der Waals surface area contributed by atoms with E-state index >= 15 is 0 Å². The Kier molecular flexibility index (Phi) is 4.36. The molecule has 2 heterocycles. The van der Waals surface area contributed by atoms with E-state index in [1.54, 1.807) is 48.5 Å². The van der Waals surface area contributed by atoms with Gasteiger partial charge in [-0.3, -0.25) is 9.36 Å². The second-order valence-electron chi connectivity index (χ2n) is 7.72. The van der Waals surface area contributed by atoms with Crippen molar-refractivity contribution in [2.24, 2.45) is 0 Å². The molecule has 154 valence electrons. The number of aromatic nitrogens is 2. The lowest BCUT2D eigenvalue weighted by atomic mass is 10.1. The van der Waals surface area contributed by atoms with Gasteiger partial charge in [0.2, 0.25) is 5.58 Å². The van der Waals surface area contributed by atoms with Crippen LogP contribution in [0, 0.1) is 19.7 Å². The van der Waals surface area contributed by atoms with Crippen molar-refractivity contribution in [3.8, 4) is 5.69 Å². The summed E-state index contributed by atoms with van der Waals surface area (Å²) in [6.45, 7) is 3.77. The summed E-state index contributed by atoms with van der Waals surface area (Å²) < 4.78 is 22.8. The lowest BCUT2D eigenvalue weighted by Gasteiger charge is -2.13. The molecule has 6 heteroatoms. The average Bonchev–Trinajstić information content (AvgIpc) is 3.12. The summed E-state index contributed by atoms with van der Waals surface area (Å²) in [5, 5.41) is 0.635. The molecule has 0 spiro atoms. The van der Waals surface area contributed by atoms with Crippen LogP contribution in [0.3, 0.4) is 0 Å². The average molecular weight is 414 g/mol. The van der Waals surface area contributed by atoms with Crippen molar-refractivity contribution in [3.05, 3.63) is 110 Å². The van der Waals surface area contributed by atoms with Gasteiger partial charge in [-0.2, -0.15) is 0 Å². The maximum absolute atomic E-state index is 14.4. The summed E-state index contributed by atoms with van der Waals surface area (Å²) in [5.74, 6) is -0.417. The lowest BCUT2D eigenvalue weighted by molar-refractivity contribution is 0.591. The summed E-state index contributed by atoms with van der Waals surface area (Å²) in [7, 11) is 0. The van der Waals surface area contributed by atoms with Gasteiger partial charge < -0.3 is 4.42 Å². The highest BCUT2D eigenvalue weighted by Gasteiger charge is 2.21. The van der Waals surface area contributed by atoms with E-state index in [1.807, 2.05) is 26.0 Å². The van der Waals surface area contributed by atoms with Crippen LogP contribution in [0.25, 0.3) is 27.8 Å². The number of rotatable bonds is 3. The van der Waals surface area contributed by atoms with Gasteiger partial charge in [-0.1, -0.05) is 36.4 Å². The first-order valence-corrected chi connectivity index (χ1v) is 9.93. The van der Waals surface area contributed by atoms with Gasteiger partial charge in [-0.05, 0) is 55.3 Å². The van der Waals surface area contributed by atoms with Crippen LogP contribution >= 0.6 is 0 Å². The van der Waals surface area contributed by atoms with Crippen LogP contribution in [0.5, 0.6) is 0 Å². The van der Waals surface area contributed by atoms with Crippen LogP contribution in [0.1, 0.15) is 16.7 Å². The van der Waals surface area contributed by atoms with Gasteiger partial charge in [0.25, 0.3) is 0 Å². The Morgan fingerprint density at radius 1 is 0.903 bits per heavy atom. The third kappa shape index (κ3) is 3.08. The molecule has 0 amide bonds. The third-order valence-corrected chi connectivity index (χ3v) is 5.41. The summed E-state index contributed by atoms with van der Waals surface area (Å²) in [4.78, 5) is 27.0. The third-order valence-electron chi connectivity index (χ3n) is 5.41. The van der Waals surface area contributed by atoms with E-state index in [0.717, 1.165) is 15.7 Å². The van der Waals surface area contributed by atoms with Crippen LogP contribution in [0.15, 0.2) is 80.7 Å². The topological polar surface area (TPSA) is 57.1 Å². The maximum atomic E-state index is 14.4. The highest BCUT2D eigenvalue weighted by molar-refractivity contribution is 6.02. The summed E-state index contributed by atoms with van der Waals surface area (Å²) in [5.41, 5.74) is 2.50. The van der Waals surface area contributed by atoms with Crippen molar-refractivity contribution < 1.29 is 8.81 Å². The monoisotopic (exact) mass is 414 g/mol. The van der Waals surface area contributed by atoms with Gasteiger partial charge in [0.05, 0.1) is 12.2 Å². The zero-order valence-corrected chi connectivity index (χ0v) is 17.1. The molecule has 2 aromatic heterocycles. The quantitative estimate of drug-likeness (QED) is 0.430. The van der Waals surface area contributed by atoms with E-state index in [4.69, 9.17) is 4.42 Å². The maximum Gasteiger partial charge on any atom is 0.336 e. The molecule has 0 saturated carbocycles. The van der Waals surface area contributed by atoms with Crippen molar-refractivity contribution >= 4 is 22.1 Å². The molecule has 5 rings (SSSR count). The molecule has 31 heavy (non-hydrogen) atoms. The van der Waals surface area contributed by atoms with E-state index in [9.17, 15) is 14.0 Å². The molecule has 0 saturated heterocycles. The number of fused-ring (bicyclic) bond motifs is 3. The van der Waals surface area contributed by atoms with Crippen LogP contribution in [0.4, 0.5) is 4.39 Å². The molecule has 0 bridgehead atoms. The molecule has 0 aliphatic carbocycles. The number of benzene rings is 3. The lowest BCUT2D eigenvalue weighted by Crippen LogP contribution is -2.39. The Balaban J connectivity index is 1.92. The highest BCUT2D eigenvalue weighted by Crippen LogP contribution is 2.26. The number of furan rings is 1. The number of nitrogens with zero attached hydrogens (tertiary/aromatic N) is 2. The van der Waals surface area contributed by atoms with E-state index in [0.29, 0.717) is 27.7 Å². The molecule has 0 atom stereocenters. The van der Waals surface area contributed by atoms with Crippen molar-refractivity contribution in [2.45, 2.75) is 20.4 Å². The van der Waals surface area contributed by atoms with E-state index in [1.165, 1.54) is 10.6 Å². The Labute approximate surface area is 176 Å². The van der Waals surface area contributed by atoms with Gasteiger partial charge in [0, 0.05) is 10.9 Å². The smallest absolute Gasteiger partial charge is 0.336 e. The number of halogens is 1. The second kappa shape index (κ2) is 7.09. The van der Waals surface area contributed by atoms with Crippen LogP contribution in [-0.4, -0.2) is 9.13 Å². The number of hydrogen-bond donors (Lipinski definition) is 0. The van der Waals surface area contributed by atoms with Gasteiger partial charge in [0.1, 0.15) is 16.9 Å². The molecule has 0 aliphatic rings. The molecular weight excluding hydrogens is 395 g/mol. The Bertz CT molecular complexity index is 1570. The Morgan fingerprint density at radius 3 is 2.32 bits per heavy atom. The molecule has 0 radical (unpaired) electrons. The van der Waals surface area contributed by atoms with Crippen LogP contribution < -0.4 is 11.2 Å². The van der Waals surface area contributed by atoms with E-state index in [2.05, 4.69) is 0 Å². The normalized spacial score (nSPS) is 11.5. The largest absolute Gasteiger partial charge is 0.449 e. The molecule has 5 nitrogen and oxygen atoms in total. The minimum atomic E-state index is -0.544. The first-order valence-electron chi connectivity index (χ1n) is 9.93. The highest BCUT2D eigenvalue weighted by atomic mass is 19.1. The van der Waals surface area contributed by atoms with E-state index < -0.39 is 17.1 Å². The minimum absolute atomic E-state index is 0.0311. The SMILES string of the molecule is Cc1cc(C)cc(-n2c(=O)c3oc4ccccc4c3n(Cc3ccccc3F)c2=O)c1. The predicted octanol–water partition coefficient (Wildman–Crippen LogP) is 4.70. The fraction of sp³-hybridized carbons (Fsp3) is 0.120. The zero-order valence-electron chi connectivity index (χ0n) is 17.1. The van der Waals surface area contributed by atoms with Gasteiger partial charge in [-0.15, -0.1) is 0 Å².